The Morgan fingerprint density at radius 2 is 2.20 bits per heavy atom. The summed E-state index contributed by atoms with van der Waals surface area (Å²) in [6.45, 7) is 0.174. The number of rotatable bonds is 2. The fourth-order valence-corrected chi connectivity index (χ4v) is 1.31. The lowest BCUT2D eigenvalue weighted by molar-refractivity contribution is 0.174. The molecule has 1 aromatic rings. The molecule has 1 atom stereocenters. The first-order valence-corrected chi connectivity index (χ1v) is 4.21. The standard InChI is InChI=1S/C10H6N2O3/c11-4-8(12-5-13)7-1-2-9-10(3-7)15-6-14-9/h1-3,8H,6H2. The van der Waals surface area contributed by atoms with Crippen LogP contribution in [0.25, 0.3) is 0 Å². The third kappa shape index (κ3) is 1.66. The molecule has 5 heteroatoms. The molecule has 74 valence electrons. The molecule has 0 fully saturated rings. The molecule has 1 aliphatic rings. The zero-order chi connectivity index (χ0) is 10.7. The molecule has 0 saturated carbocycles. The van der Waals surface area contributed by atoms with E-state index in [1.165, 1.54) is 6.08 Å². The molecule has 0 radical (unpaired) electrons. The Kier molecular flexibility index (Phi) is 2.36. The number of ether oxygens (including phenoxy) is 2. The van der Waals surface area contributed by atoms with Crippen LogP contribution in [0.5, 0.6) is 11.5 Å². The Morgan fingerprint density at radius 1 is 1.40 bits per heavy atom. The molecule has 0 N–H and O–H groups in total. The van der Waals surface area contributed by atoms with Crippen LogP contribution in [0, 0.1) is 11.3 Å². The van der Waals surface area contributed by atoms with E-state index in [4.69, 9.17) is 14.7 Å². The Balaban J connectivity index is 2.37. The summed E-state index contributed by atoms with van der Waals surface area (Å²) >= 11 is 0. The summed E-state index contributed by atoms with van der Waals surface area (Å²) in [4.78, 5) is 13.5. The van der Waals surface area contributed by atoms with Gasteiger partial charge in [0.2, 0.25) is 12.9 Å². The van der Waals surface area contributed by atoms with E-state index in [1.807, 2.05) is 6.07 Å². The molecule has 1 unspecified atom stereocenters. The van der Waals surface area contributed by atoms with Gasteiger partial charge in [0, 0.05) is 0 Å². The fourth-order valence-electron chi connectivity index (χ4n) is 1.31. The fraction of sp³-hybridized carbons (Fsp3) is 0.200. The maximum Gasteiger partial charge on any atom is 0.236 e. The zero-order valence-electron chi connectivity index (χ0n) is 7.64. The molecule has 2 rings (SSSR count). The van der Waals surface area contributed by atoms with Crippen molar-refractivity contribution in [2.45, 2.75) is 6.04 Å². The SMILES string of the molecule is N#CC(N=C=O)c1ccc2c(c1)OCO2. The van der Waals surface area contributed by atoms with E-state index in [1.54, 1.807) is 18.2 Å². The van der Waals surface area contributed by atoms with E-state index < -0.39 is 6.04 Å². The van der Waals surface area contributed by atoms with Gasteiger partial charge in [-0.2, -0.15) is 10.3 Å². The smallest absolute Gasteiger partial charge is 0.236 e. The molecule has 1 aromatic carbocycles. The highest BCUT2D eigenvalue weighted by molar-refractivity contribution is 5.47. The van der Waals surface area contributed by atoms with Gasteiger partial charge in [-0.05, 0) is 17.7 Å². The first-order chi connectivity index (χ1) is 7.35. The van der Waals surface area contributed by atoms with Gasteiger partial charge in [-0.3, -0.25) is 0 Å². The van der Waals surface area contributed by atoms with Crippen LogP contribution in [-0.2, 0) is 4.79 Å². The van der Waals surface area contributed by atoms with Crippen molar-refractivity contribution in [1.29, 1.82) is 5.26 Å². The number of hydrogen-bond donors (Lipinski definition) is 0. The van der Waals surface area contributed by atoms with E-state index in [0.29, 0.717) is 17.1 Å². The van der Waals surface area contributed by atoms with E-state index in [-0.39, 0.29) is 6.79 Å². The second-order valence-electron chi connectivity index (χ2n) is 2.86. The number of benzene rings is 1. The summed E-state index contributed by atoms with van der Waals surface area (Å²) in [5.74, 6) is 1.19. The van der Waals surface area contributed by atoms with Gasteiger partial charge in [-0.15, -0.1) is 0 Å². The largest absolute Gasteiger partial charge is 0.454 e. The van der Waals surface area contributed by atoms with Crippen LogP contribution in [0.1, 0.15) is 11.6 Å². The maximum atomic E-state index is 10.1. The second kappa shape index (κ2) is 3.82. The number of carbonyl (C=O) groups excluding carboxylic acids is 1. The Hall–Kier alpha value is -2.31. The summed E-state index contributed by atoms with van der Waals surface area (Å²) in [5, 5.41) is 8.76. The quantitative estimate of drug-likeness (QED) is 0.535. The molecule has 0 amide bonds. The third-order valence-electron chi connectivity index (χ3n) is 2.02. The van der Waals surface area contributed by atoms with Crippen molar-refractivity contribution in [1.82, 2.24) is 0 Å². The Morgan fingerprint density at radius 3 is 2.93 bits per heavy atom. The highest BCUT2D eigenvalue weighted by atomic mass is 16.7. The summed E-state index contributed by atoms with van der Waals surface area (Å²) in [6, 6.07) is 6.04. The molecule has 1 aliphatic heterocycles. The minimum atomic E-state index is -0.836. The molecule has 0 spiro atoms. The number of nitriles is 1. The lowest BCUT2D eigenvalue weighted by Crippen LogP contribution is -1.93. The van der Waals surface area contributed by atoms with Gasteiger partial charge in [0.1, 0.15) is 0 Å². The lowest BCUT2D eigenvalue weighted by Gasteiger charge is -2.02. The van der Waals surface area contributed by atoms with E-state index in [2.05, 4.69) is 4.99 Å². The topological polar surface area (TPSA) is 71.7 Å². The van der Waals surface area contributed by atoms with Gasteiger partial charge in [0.05, 0.1) is 6.07 Å². The molecule has 5 nitrogen and oxygen atoms in total. The van der Waals surface area contributed by atoms with Crippen LogP contribution < -0.4 is 9.47 Å². The van der Waals surface area contributed by atoms with Crippen LogP contribution in [0.4, 0.5) is 0 Å². The van der Waals surface area contributed by atoms with Crippen LogP contribution in [0.3, 0.4) is 0 Å². The van der Waals surface area contributed by atoms with Crippen molar-refractivity contribution in [2.24, 2.45) is 4.99 Å². The van der Waals surface area contributed by atoms with E-state index in [0.717, 1.165) is 0 Å². The average Bonchev–Trinajstić information content (AvgIpc) is 2.72. The first-order valence-electron chi connectivity index (χ1n) is 4.21. The predicted molar refractivity (Wildman–Crippen MR) is 49.0 cm³/mol. The highest BCUT2D eigenvalue weighted by Crippen LogP contribution is 2.34. The molecule has 1 heterocycles. The average molecular weight is 202 g/mol. The van der Waals surface area contributed by atoms with Crippen molar-refractivity contribution in [3.63, 3.8) is 0 Å². The van der Waals surface area contributed by atoms with Crippen molar-refractivity contribution in [3.8, 4) is 17.6 Å². The number of isocyanates is 1. The minimum absolute atomic E-state index is 0.174. The normalized spacial score (nSPS) is 13.8. The van der Waals surface area contributed by atoms with Gasteiger partial charge in [-0.25, -0.2) is 4.79 Å². The summed E-state index contributed by atoms with van der Waals surface area (Å²) in [6.07, 6.45) is 1.37. The van der Waals surface area contributed by atoms with E-state index in [9.17, 15) is 4.79 Å². The Bertz CT molecular complexity index is 472. The Labute approximate surface area is 85.6 Å². The van der Waals surface area contributed by atoms with Crippen molar-refractivity contribution in [2.75, 3.05) is 6.79 Å². The van der Waals surface area contributed by atoms with Crippen LogP contribution in [0.15, 0.2) is 23.2 Å². The highest BCUT2D eigenvalue weighted by Gasteiger charge is 2.16. The molecule has 15 heavy (non-hydrogen) atoms. The number of fused-ring (bicyclic) bond motifs is 1. The molecule has 0 bridgehead atoms. The monoisotopic (exact) mass is 202 g/mol. The van der Waals surface area contributed by atoms with Crippen molar-refractivity contribution < 1.29 is 14.3 Å². The van der Waals surface area contributed by atoms with Crippen molar-refractivity contribution >= 4 is 6.08 Å². The summed E-state index contributed by atoms with van der Waals surface area (Å²) < 4.78 is 10.3. The molecule has 0 saturated heterocycles. The predicted octanol–water partition coefficient (Wildman–Crippen LogP) is 1.32. The van der Waals surface area contributed by atoms with Gasteiger partial charge in [0.25, 0.3) is 0 Å². The van der Waals surface area contributed by atoms with Crippen LogP contribution >= 0.6 is 0 Å². The number of hydrogen-bond acceptors (Lipinski definition) is 5. The van der Waals surface area contributed by atoms with Crippen molar-refractivity contribution in [3.05, 3.63) is 23.8 Å². The second-order valence-corrected chi connectivity index (χ2v) is 2.86. The molecular weight excluding hydrogens is 196 g/mol. The van der Waals surface area contributed by atoms with Gasteiger partial charge in [-0.1, -0.05) is 6.07 Å². The number of aliphatic imine (C=N–C) groups is 1. The maximum absolute atomic E-state index is 10.1. The number of nitrogens with zero attached hydrogens (tertiary/aromatic N) is 2. The van der Waals surface area contributed by atoms with Crippen LogP contribution in [-0.4, -0.2) is 12.9 Å². The van der Waals surface area contributed by atoms with Gasteiger partial charge >= 0.3 is 0 Å². The van der Waals surface area contributed by atoms with Gasteiger partial charge in [0.15, 0.2) is 17.5 Å². The van der Waals surface area contributed by atoms with E-state index >= 15 is 0 Å². The summed E-state index contributed by atoms with van der Waals surface area (Å²) in [5.41, 5.74) is 0.588. The third-order valence-corrected chi connectivity index (χ3v) is 2.02. The molecule has 0 aliphatic carbocycles. The van der Waals surface area contributed by atoms with Crippen LogP contribution in [0.2, 0.25) is 0 Å². The zero-order valence-corrected chi connectivity index (χ0v) is 7.64. The first kappa shape index (κ1) is 9.25. The minimum Gasteiger partial charge on any atom is -0.454 e. The molecule has 0 aromatic heterocycles. The van der Waals surface area contributed by atoms with Gasteiger partial charge < -0.3 is 9.47 Å². The lowest BCUT2D eigenvalue weighted by atomic mass is 10.1. The molecular formula is C10H6N2O3. The summed E-state index contributed by atoms with van der Waals surface area (Å²) in [7, 11) is 0.